The van der Waals surface area contributed by atoms with Gasteiger partial charge in [0, 0.05) is 18.3 Å². The zero-order valence-corrected chi connectivity index (χ0v) is 15.5. The molecule has 0 aliphatic rings. The number of carbonyl (C=O) groups is 1. The Hall–Kier alpha value is -3.34. The van der Waals surface area contributed by atoms with Gasteiger partial charge in [0.1, 0.15) is 23.8 Å². The molecule has 138 valence electrons. The molecule has 0 unspecified atom stereocenters. The molecule has 0 aliphatic carbocycles. The number of methoxy groups -OCH3 is 1. The fourth-order valence-electron chi connectivity index (χ4n) is 2.62. The van der Waals surface area contributed by atoms with Gasteiger partial charge < -0.3 is 9.47 Å². The van der Waals surface area contributed by atoms with Crippen LogP contribution in [0, 0.1) is 0 Å². The lowest BCUT2D eigenvalue weighted by Gasteiger charge is -2.11. The fourth-order valence-corrected chi connectivity index (χ4v) is 2.62. The monoisotopic (exact) mass is 362 g/mol. The Morgan fingerprint density at radius 2 is 1.96 bits per heavy atom. The molecule has 0 bridgehead atoms. The summed E-state index contributed by atoms with van der Waals surface area (Å²) >= 11 is 0. The second kappa shape index (κ2) is 8.85. The van der Waals surface area contributed by atoms with E-state index in [0.717, 1.165) is 29.2 Å². The minimum absolute atomic E-state index is 0.125. The number of nitrogens with zero attached hydrogens (tertiary/aromatic N) is 2. The Labute approximate surface area is 158 Å². The molecule has 0 amide bonds. The molecule has 27 heavy (non-hydrogen) atoms. The summed E-state index contributed by atoms with van der Waals surface area (Å²) < 4.78 is 13.0. The molecule has 2 aromatic carbocycles. The van der Waals surface area contributed by atoms with Crippen LogP contribution >= 0.6 is 0 Å². The van der Waals surface area contributed by atoms with Crippen molar-refractivity contribution in [2.75, 3.05) is 7.11 Å². The average Bonchev–Trinajstić information content (AvgIpc) is 3.20. The van der Waals surface area contributed by atoms with Gasteiger partial charge in [0.25, 0.3) is 0 Å². The molecule has 1 heterocycles. The molecule has 0 fully saturated rings. The number of allylic oxidation sites excluding steroid dienone is 1. The summed E-state index contributed by atoms with van der Waals surface area (Å²) in [5.41, 5.74) is 2.24. The number of hydrogen-bond acceptors (Lipinski definition) is 4. The van der Waals surface area contributed by atoms with Crippen LogP contribution in [0.2, 0.25) is 0 Å². The lowest BCUT2D eigenvalue weighted by molar-refractivity contribution is 0.104. The maximum Gasteiger partial charge on any atom is 0.206 e. The molecule has 0 atom stereocenters. The van der Waals surface area contributed by atoms with E-state index in [-0.39, 0.29) is 5.78 Å². The topological polar surface area (TPSA) is 53.4 Å². The van der Waals surface area contributed by atoms with Gasteiger partial charge in [-0.05, 0) is 48.9 Å². The van der Waals surface area contributed by atoms with Crippen LogP contribution in [0.25, 0.3) is 6.08 Å². The van der Waals surface area contributed by atoms with E-state index in [4.69, 9.17) is 9.47 Å². The third kappa shape index (κ3) is 4.85. The zero-order valence-electron chi connectivity index (χ0n) is 15.5. The Balaban J connectivity index is 1.72. The molecule has 0 saturated heterocycles. The summed E-state index contributed by atoms with van der Waals surface area (Å²) in [5, 5.41) is 4.22. The highest BCUT2D eigenvalue weighted by Gasteiger charge is 2.07. The van der Waals surface area contributed by atoms with Gasteiger partial charge in [-0.2, -0.15) is 5.10 Å². The van der Waals surface area contributed by atoms with E-state index in [1.807, 2.05) is 55.5 Å². The Morgan fingerprint density at radius 1 is 1.15 bits per heavy atom. The zero-order chi connectivity index (χ0) is 19.1. The molecule has 0 spiro atoms. The lowest BCUT2D eigenvalue weighted by Crippen LogP contribution is -2.00. The number of ether oxygens (including phenoxy) is 2. The molecule has 0 radical (unpaired) electrons. The first-order valence-electron chi connectivity index (χ1n) is 8.80. The smallest absolute Gasteiger partial charge is 0.206 e. The predicted octanol–water partition coefficient (Wildman–Crippen LogP) is 4.39. The second-order valence-corrected chi connectivity index (χ2v) is 5.93. The first kappa shape index (κ1) is 18.5. The maximum atomic E-state index is 12.3. The molecule has 5 heteroatoms. The van der Waals surface area contributed by atoms with Crippen LogP contribution in [0.5, 0.6) is 11.5 Å². The van der Waals surface area contributed by atoms with Gasteiger partial charge in [-0.15, -0.1) is 0 Å². The van der Waals surface area contributed by atoms with Gasteiger partial charge in [0.05, 0.1) is 7.11 Å². The van der Waals surface area contributed by atoms with E-state index in [0.29, 0.717) is 12.3 Å². The van der Waals surface area contributed by atoms with Gasteiger partial charge in [-0.1, -0.05) is 30.3 Å². The molecule has 1 aromatic heterocycles. The molecular weight excluding hydrogens is 340 g/mol. The van der Waals surface area contributed by atoms with Gasteiger partial charge in [-0.3, -0.25) is 9.48 Å². The van der Waals surface area contributed by atoms with Crippen molar-refractivity contribution in [2.24, 2.45) is 0 Å². The standard InChI is InChI=1S/C22H22N2O3/c1-3-24-14-13-20(23-24)21(25)11-9-17-10-12-22(26-2)18(15-17)16-27-19-7-5-4-6-8-19/h4-15H,3,16H2,1-2H3/b11-9+. The number of carbonyl (C=O) groups excluding carboxylic acids is 1. The Kier molecular flexibility index (Phi) is 6.05. The minimum Gasteiger partial charge on any atom is -0.496 e. The van der Waals surface area contributed by atoms with Crippen LogP contribution < -0.4 is 9.47 Å². The number of ketones is 1. The largest absolute Gasteiger partial charge is 0.496 e. The van der Waals surface area contributed by atoms with E-state index >= 15 is 0 Å². The summed E-state index contributed by atoms with van der Waals surface area (Å²) in [6.45, 7) is 3.09. The SMILES string of the molecule is CCn1ccc(C(=O)/C=C/c2ccc(OC)c(COc3ccccc3)c2)n1. The van der Waals surface area contributed by atoms with Crippen LogP contribution in [0.1, 0.15) is 28.5 Å². The van der Waals surface area contributed by atoms with E-state index in [2.05, 4.69) is 5.10 Å². The third-order valence-corrected chi connectivity index (χ3v) is 4.09. The molecule has 0 saturated carbocycles. The number of benzene rings is 2. The highest BCUT2D eigenvalue weighted by Crippen LogP contribution is 2.23. The quantitative estimate of drug-likeness (QED) is 0.441. The Morgan fingerprint density at radius 3 is 2.67 bits per heavy atom. The molecular formula is C22H22N2O3. The summed E-state index contributed by atoms with van der Waals surface area (Å²) in [7, 11) is 1.63. The van der Waals surface area contributed by atoms with Gasteiger partial charge in [0.2, 0.25) is 5.78 Å². The van der Waals surface area contributed by atoms with Gasteiger partial charge in [0.15, 0.2) is 0 Å². The first-order chi connectivity index (χ1) is 13.2. The van der Waals surface area contributed by atoms with Crippen molar-refractivity contribution in [3.8, 4) is 11.5 Å². The summed E-state index contributed by atoms with van der Waals surface area (Å²) in [5.74, 6) is 1.42. The van der Waals surface area contributed by atoms with Crippen molar-refractivity contribution in [1.29, 1.82) is 0 Å². The third-order valence-electron chi connectivity index (χ3n) is 4.09. The van der Waals surface area contributed by atoms with Crippen LogP contribution in [0.4, 0.5) is 0 Å². The molecule has 3 aromatic rings. The van der Waals surface area contributed by atoms with E-state index in [1.54, 1.807) is 30.1 Å². The van der Waals surface area contributed by atoms with Crippen LogP contribution in [-0.4, -0.2) is 22.7 Å². The maximum absolute atomic E-state index is 12.3. The predicted molar refractivity (Wildman–Crippen MR) is 105 cm³/mol. The van der Waals surface area contributed by atoms with Gasteiger partial charge in [-0.25, -0.2) is 0 Å². The molecule has 0 N–H and O–H groups in total. The normalized spacial score (nSPS) is 10.9. The van der Waals surface area contributed by atoms with Crippen molar-refractivity contribution < 1.29 is 14.3 Å². The number of aryl methyl sites for hydroxylation is 1. The summed E-state index contributed by atoms with van der Waals surface area (Å²) in [4.78, 5) is 12.3. The second-order valence-electron chi connectivity index (χ2n) is 5.93. The number of hydrogen-bond donors (Lipinski definition) is 0. The van der Waals surface area contributed by atoms with Gasteiger partial charge >= 0.3 is 0 Å². The van der Waals surface area contributed by atoms with Crippen molar-refractivity contribution in [1.82, 2.24) is 9.78 Å². The van der Waals surface area contributed by atoms with Crippen LogP contribution in [0.3, 0.4) is 0 Å². The van der Waals surface area contributed by atoms with Crippen LogP contribution in [0.15, 0.2) is 66.9 Å². The van der Waals surface area contributed by atoms with Crippen molar-refractivity contribution in [3.63, 3.8) is 0 Å². The number of para-hydroxylation sites is 1. The highest BCUT2D eigenvalue weighted by atomic mass is 16.5. The van der Waals surface area contributed by atoms with E-state index in [9.17, 15) is 4.79 Å². The minimum atomic E-state index is -0.125. The van der Waals surface area contributed by atoms with Crippen molar-refractivity contribution in [2.45, 2.75) is 20.1 Å². The van der Waals surface area contributed by atoms with Crippen LogP contribution in [-0.2, 0) is 13.2 Å². The molecule has 0 aliphatic heterocycles. The highest BCUT2D eigenvalue weighted by molar-refractivity contribution is 6.05. The molecule has 5 nitrogen and oxygen atoms in total. The Bertz CT molecular complexity index is 930. The van der Waals surface area contributed by atoms with E-state index < -0.39 is 0 Å². The lowest BCUT2D eigenvalue weighted by atomic mass is 10.1. The molecule has 3 rings (SSSR count). The summed E-state index contributed by atoms with van der Waals surface area (Å²) in [6.07, 6.45) is 5.11. The van der Waals surface area contributed by atoms with E-state index in [1.165, 1.54) is 6.08 Å². The fraction of sp³-hybridized carbons (Fsp3) is 0.182. The average molecular weight is 362 g/mol. The summed E-state index contributed by atoms with van der Waals surface area (Å²) in [6, 6.07) is 17.1. The number of rotatable bonds is 8. The van der Waals surface area contributed by atoms with Crippen molar-refractivity contribution >= 4 is 11.9 Å². The first-order valence-corrected chi connectivity index (χ1v) is 8.80. The number of aromatic nitrogens is 2. The van der Waals surface area contributed by atoms with Crippen molar-refractivity contribution in [3.05, 3.63) is 83.7 Å².